The highest BCUT2D eigenvalue weighted by molar-refractivity contribution is 6.30. The van der Waals surface area contributed by atoms with Crippen LogP contribution < -0.4 is 5.69 Å². The molecule has 196 valence electrons. The molecule has 8 nitrogen and oxygen atoms in total. The maximum atomic E-state index is 13.0. The number of nitrogens with one attached hydrogen (secondary N) is 1. The lowest BCUT2D eigenvalue weighted by Gasteiger charge is -2.15. The van der Waals surface area contributed by atoms with Gasteiger partial charge in [0.1, 0.15) is 12.4 Å². The van der Waals surface area contributed by atoms with Crippen LogP contribution in [-0.2, 0) is 25.7 Å². The number of aliphatic hydroxyl groups excluding tert-OH is 1. The number of H-pyrrole nitrogens is 1. The van der Waals surface area contributed by atoms with Crippen LogP contribution in [0.1, 0.15) is 22.8 Å². The molecule has 0 radical (unpaired) electrons. The molecule has 0 saturated carbocycles. The Bertz CT molecular complexity index is 1440. The summed E-state index contributed by atoms with van der Waals surface area (Å²) in [5, 5.41) is 20.5. The molecule has 0 bridgehead atoms. The number of aromatic nitrogens is 6. The van der Waals surface area contributed by atoms with Crippen LogP contribution in [0.2, 0.25) is 5.02 Å². The van der Waals surface area contributed by atoms with Crippen molar-refractivity contribution in [1.82, 2.24) is 29.5 Å². The number of hydrogen-bond donors (Lipinski definition) is 2. The van der Waals surface area contributed by atoms with E-state index in [2.05, 4.69) is 20.3 Å². The molecule has 2 aromatic heterocycles. The second kappa shape index (κ2) is 10.0. The van der Waals surface area contributed by atoms with E-state index in [4.69, 9.17) is 11.6 Å². The zero-order valence-corrected chi connectivity index (χ0v) is 19.3. The minimum Gasteiger partial charge on any atom is -0.382 e. The predicted octanol–water partition coefficient (Wildman–Crippen LogP) is 4.06. The summed E-state index contributed by atoms with van der Waals surface area (Å²) in [6.45, 7) is -1.43. The molecule has 0 spiro atoms. The lowest BCUT2D eigenvalue weighted by atomic mass is 10.1. The van der Waals surface area contributed by atoms with Crippen molar-refractivity contribution in [2.45, 2.75) is 38.0 Å². The summed E-state index contributed by atoms with van der Waals surface area (Å²) in [6, 6.07) is 10.4. The highest BCUT2D eigenvalue weighted by Gasteiger charge is 2.39. The Kier molecular flexibility index (Phi) is 7.15. The molecule has 2 aromatic carbocycles. The molecule has 2 N–H and O–H groups in total. The van der Waals surface area contributed by atoms with Crippen molar-refractivity contribution in [3.63, 3.8) is 0 Å². The van der Waals surface area contributed by atoms with Gasteiger partial charge in [0, 0.05) is 17.0 Å². The standard InChI is InChI=1S/C22H17ClF6N6O2/c23-15-6-4-13(5-7-15)19-33-35(20(37)34(19)10-16(36)22(27,28)29)11-18-30-17(31-32-18)9-12-2-1-3-14(8-12)21(24,25)26/h1-8,16,36H,9-11H2,(H,30,31,32). The number of aliphatic hydroxyl groups is 1. The molecule has 37 heavy (non-hydrogen) atoms. The zero-order chi connectivity index (χ0) is 27.0. The van der Waals surface area contributed by atoms with Gasteiger partial charge in [-0.2, -0.15) is 31.4 Å². The number of nitrogens with zero attached hydrogens (tertiary/aromatic N) is 5. The van der Waals surface area contributed by atoms with Gasteiger partial charge in [-0.05, 0) is 35.9 Å². The molecule has 0 aliphatic carbocycles. The van der Waals surface area contributed by atoms with Gasteiger partial charge in [0.05, 0.1) is 12.1 Å². The number of benzene rings is 2. The molecule has 0 amide bonds. The van der Waals surface area contributed by atoms with Crippen molar-refractivity contribution >= 4 is 11.6 Å². The molecule has 1 unspecified atom stereocenters. The van der Waals surface area contributed by atoms with Crippen molar-refractivity contribution in [1.29, 1.82) is 0 Å². The fourth-order valence-corrected chi connectivity index (χ4v) is 3.59. The Balaban J connectivity index is 1.61. The van der Waals surface area contributed by atoms with Crippen molar-refractivity contribution in [2.75, 3.05) is 0 Å². The molecule has 2 heterocycles. The summed E-state index contributed by atoms with van der Waals surface area (Å²) in [5.74, 6) is 0.0775. The number of halogens is 7. The second-order valence-electron chi connectivity index (χ2n) is 8.01. The normalized spacial score (nSPS) is 13.2. The van der Waals surface area contributed by atoms with E-state index in [0.717, 1.165) is 16.8 Å². The Morgan fingerprint density at radius 2 is 1.76 bits per heavy atom. The van der Waals surface area contributed by atoms with E-state index in [1.54, 1.807) is 0 Å². The van der Waals surface area contributed by atoms with Gasteiger partial charge in [0.2, 0.25) is 0 Å². The summed E-state index contributed by atoms with van der Waals surface area (Å²) in [7, 11) is 0. The molecule has 0 fully saturated rings. The average molecular weight is 547 g/mol. The SMILES string of the molecule is O=c1n(Cc2nc(Cc3cccc(C(F)(F)F)c3)n[nH]2)nc(-c2ccc(Cl)cc2)n1CC(O)C(F)(F)F. The Hall–Kier alpha value is -3.65. The average Bonchev–Trinajstić information content (AvgIpc) is 3.38. The highest BCUT2D eigenvalue weighted by Crippen LogP contribution is 2.30. The van der Waals surface area contributed by atoms with Gasteiger partial charge >= 0.3 is 18.0 Å². The third-order valence-electron chi connectivity index (χ3n) is 5.25. The van der Waals surface area contributed by atoms with E-state index in [0.29, 0.717) is 15.2 Å². The summed E-state index contributed by atoms with van der Waals surface area (Å²) in [4.78, 5) is 17.1. The first-order valence-corrected chi connectivity index (χ1v) is 10.9. The maximum absolute atomic E-state index is 13.0. The minimum absolute atomic E-state index is 0.0441. The van der Waals surface area contributed by atoms with Crippen LogP contribution >= 0.6 is 11.6 Å². The van der Waals surface area contributed by atoms with Crippen molar-refractivity contribution in [3.05, 3.63) is 86.8 Å². The summed E-state index contributed by atoms with van der Waals surface area (Å²) in [6.07, 6.45) is -12.3. The van der Waals surface area contributed by atoms with Gasteiger partial charge in [-0.3, -0.25) is 9.67 Å². The van der Waals surface area contributed by atoms with Gasteiger partial charge in [0.15, 0.2) is 17.8 Å². The van der Waals surface area contributed by atoms with Gasteiger partial charge in [0.25, 0.3) is 0 Å². The predicted molar refractivity (Wildman–Crippen MR) is 119 cm³/mol. The maximum Gasteiger partial charge on any atom is 0.416 e. The van der Waals surface area contributed by atoms with E-state index < -0.39 is 36.3 Å². The first-order valence-electron chi connectivity index (χ1n) is 10.6. The third kappa shape index (κ3) is 6.20. The lowest BCUT2D eigenvalue weighted by molar-refractivity contribution is -0.207. The van der Waals surface area contributed by atoms with E-state index >= 15 is 0 Å². The smallest absolute Gasteiger partial charge is 0.382 e. The van der Waals surface area contributed by atoms with Gasteiger partial charge < -0.3 is 5.11 Å². The van der Waals surface area contributed by atoms with E-state index in [1.165, 1.54) is 36.4 Å². The van der Waals surface area contributed by atoms with Crippen LogP contribution in [0.5, 0.6) is 0 Å². The molecule has 4 aromatic rings. The zero-order valence-electron chi connectivity index (χ0n) is 18.6. The van der Waals surface area contributed by atoms with E-state index in [-0.39, 0.29) is 36.0 Å². The van der Waals surface area contributed by atoms with Crippen molar-refractivity contribution in [2.24, 2.45) is 0 Å². The number of aromatic amines is 1. The summed E-state index contributed by atoms with van der Waals surface area (Å²) in [5.41, 5.74) is -1.21. The Morgan fingerprint density at radius 1 is 1.05 bits per heavy atom. The minimum atomic E-state index is -4.97. The molecular formula is C22H17ClF6N6O2. The molecule has 0 aliphatic rings. The summed E-state index contributed by atoms with van der Waals surface area (Å²) < 4.78 is 79.3. The number of alkyl halides is 6. The van der Waals surface area contributed by atoms with Crippen molar-refractivity contribution in [3.8, 4) is 11.4 Å². The van der Waals surface area contributed by atoms with Crippen LogP contribution in [-0.4, -0.2) is 46.9 Å². The fraction of sp³-hybridized carbons (Fsp3) is 0.273. The molecule has 4 rings (SSSR count). The largest absolute Gasteiger partial charge is 0.416 e. The van der Waals surface area contributed by atoms with Crippen LogP contribution in [0.3, 0.4) is 0 Å². The van der Waals surface area contributed by atoms with Gasteiger partial charge in [-0.25, -0.2) is 14.5 Å². The fourth-order valence-electron chi connectivity index (χ4n) is 3.46. The molecule has 15 heteroatoms. The first kappa shape index (κ1) is 26.4. The third-order valence-corrected chi connectivity index (χ3v) is 5.50. The second-order valence-corrected chi connectivity index (χ2v) is 8.45. The summed E-state index contributed by atoms with van der Waals surface area (Å²) >= 11 is 5.86. The van der Waals surface area contributed by atoms with Crippen LogP contribution in [0.15, 0.2) is 53.3 Å². The molecule has 1 atom stereocenters. The lowest BCUT2D eigenvalue weighted by Crippen LogP contribution is -2.37. The topological polar surface area (TPSA) is 102 Å². The molecular weight excluding hydrogens is 530 g/mol. The molecule has 0 saturated heterocycles. The highest BCUT2D eigenvalue weighted by atomic mass is 35.5. The Labute approximate surface area is 209 Å². The Morgan fingerprint density at radius 3 is 2.41 bits per heavy atom. The van der Waals surface area contributed by atoms with E-state index in [9.17, 15) is 36.2 Å². The number of hydrogen-bond acceptors (Lipinski definition) is 5. The van der Waals surface area contributed by atoms with Gasteiger partial charge in [-0.15, -0.1) is 5.10 Å². The quantitative estimate of drug-likeness (QED) is 0.340. The van der Waals surface area contributed by atoms with Gasteiger partial charge in [-0.1, -0.05) is 29.8 Å². The van der Waals surface area contributed by atoms with Crippen LogP contribution in [0.25, 0.3) is 11.4 Å². The van der Waals surface area contributed by atoms with Crippen molar-refractivity contribution < 1.29 is 31.4 Å². The van der Waals surface area contributed by atoms with Crippen LogP contribution in [0, 0.1) is 0 Å². The molecule has 0 aliphatic heterocycles. The van der Waals surface area contributed by atoms with Crippen LogP contribution in [0.4, 0.5) is 26.3 Å². The van der Waals surface area contributed by atoms with E-state index in [1.807, 2.05) is 0 Å². The first-order chi connectivity index (χ1) is 17.3. The number of rotatable bonds is 7. The monoisotopic (exact) mass is 546 g/mol.